The Bertz CT molecular complexity index is 618. The minimum atomic E-state index is -1.13. The van der Waals surface area contributed by atoms with Crippen LogP contribution in [0, 0.1) is 17.1 Å². The van der Waals surface area contributed by atoms with Crippen LogP contribution in [0.2, 0.25) is 0 Å². The van der Waals surface area contributed by atoms with Crippen molar-refractivity contribution in [3.63, 3.8) is 0 Å². The van der Waals surface area contributed by atoms with Gasteiger partial charge in [-0.05, 0) is 62.5 Å². The van der Waals surface area contributed by atoms with E-state index in [1.165, 1.54) is 18.2 Å². The highest BCUT2D eigenvalue weighted by atomic mass is 19.1. The Morgan fingerprint density at radius 2 is 2.14 bits per heavy atom. The molecule has 118 valence electrons. The zero-order chi connectivity index (χ0) is 16.4. The fourth-order valence-corrected chi connectivity index (χ4v) is 3.15. The lowest BCUT2D eigenvalue weighted by atomic mass is 9.67. The lowest BCUT2D eigenvalue weighted by molar-refractivity contribution is -0.143. The summed E-state index contributed by atoms with van der Waals surface area (Å²) in [6, 6.07) is 6.50. The number of halogens is 1. The van der Waals surface area contributed by atoms with Crippen molar-refractivity contribution in [2.24, 2.45) is 0 Å². The number of hydrogen-bond acceptors (Lipinski definition) is 3. The van der Waals surface area contributed by atoms with Gasteiger partial charge >= 0.3 is 5.97 Å². The van der Waals surface area contributed by atoms with E-state index in [0.29, 0.717) is 43.5 Å². The van der Waals surface area contributed by atoms with Gasteiger partial charge in [0.15, 0.2) is 0 Å². The molecule has 0 aromatic heterocycles. The number of aliphatic carboxylic acids is 1. The quantitative estimate of drug-likeness (QED) is 0.897. The maximum Gasteiger partial charge on any atom is 0.313 e. The molecule has 0 saturated carbocycles. The molecular formula is C17H21FN2O2. The Hall–Kier alpha value is -1.93. The van der Waals surface area contributed by atoms with Gasteiger partial charge in [-0.3, -0.25) is 4.79 Å². The molecule has 1 aliphatic heterocycles. The monoisotopic (exact) mass is 304 g/mol. The number of benzene rings is 1. The van der Waals surface area contributed by atoms with Crippen LogP contribution < -0.4 is 5.32 Å². The van der Waals surface area contributed by atoms with Crippen LogP contribution >= 0.6 is 0 Å². The van der Waals surface area contributed by atoms with Gasteiger partial charge in [-0.1, -0.05) is 13.0 Å². The molecule has 5 heteroatoms. The number of hydrogen-bond donors (Lipinski definition) is 2. The van der Waals surface area contributed by atoms with Gasteiger partial charge in [0.05, 0.1) is 16.9 Å². The number of nitrogens with zero attached hydrogens (tertiary/aromatic N) is 1. The standard InChI is InChI=1S/C17H21FN2O2/c1-3-16(2,15(21)22)13-5-4-12(18)10-14(13)17(11-19)6-8-20-9-7-17/h4-5,10,20H,3,6-9H2,1-2H3,(H,21,22). The maximum absolute atomic E-state index is 13.8. The average Bonchev–Trinajstić information content (AvgIpc) is 2.54. The molecule has 0 aliphatic carbocycles. The van der Waals surface area contributed by atoms with E-state index in [1.54, 1.807) is 13.8 Å². The van der Waals surface area contributed by atoms with Gasteiger partial charge in [0.1, 0.15) is 5.82 Å². The second kappa shape index (κ2) is 6.05. The summed E-state index contributed by atoms with van der Waals surface area (Å²) in [4.78, 5) is 11.8. The van der Waals surface area contributed by atoms with E-state index >= 15 is 0 Å². The number of nitriles is 1. The minimum absolute atomic E-state index is 0.376. The van der Waals surface area contributed by atoms with E-state index in [1.807, 2.05) is 0 Å². The number of nitrogens with one attached hydrogen (secondary N) is 1. The van der Waals surface area contributed by atoms with Gasteiger partial charge < -0.3 is 10.4 Å². The van der Waals surface area contributed by atoms with Crippen LogP contribution in [-0.4, -0.2) is 24.2 Å². The fourth-order valence-electron chi connectivity index (χ4n) is 3.15. The topological polar surface area (TPSA) is 73.1 Å². The first-order chi connectivity index (χ1) is 10.4. The van der Waals surface area contributed by atoms with Gasteiger partial charge in [0.2, 0.25) is 0 Å². The first kappa shape index (κ1) is 16.4. The van der Waals surface area contributed by atoms with Crippen LogP contribution in [0.5, 0.6) is 0 Å². The summed E-state index contributed by atoms with van der Waals surface area (Å²) in [6.45, 7) is 4.76. The second-order valence-electron chi connectivity index (χ2n) is 6.12. The van der Waals surface area contributed by atoms with Crippen LogP contribution in [0.3, 0.4) is 0 Å². The summed E-state index contributed by atoms with van der Waals surface area (Å²) < 4.78 is 13.8. The van der Waals surface area contributed by atoms with Gasteiger partial charge in [-0.2, -0.15) is 5.26 Å². The highest BCUT2D eigenvalue weighted by Gasteiger charge is 2.42. The van der Waals surface area contributed by atoms with Crippen LogP contribution in [0.4, 0.5) is 4.39 Å². The molecule has 0 spiro atoms. The Morgan fingerprint density at radius 1 is 1.50 bits per heavy atom. The predicted octanol–water partition coefficient (Wildman–Crippen LogP) is 2.72. The molecule has 2 N–H and O–H groups in total. The molecule has 1 heterocycles. The highest BCUT2D eigenvalue weighted by Crippen LogP contribution is 2.41. The zero-order valence-corrected chi connectivity index (χ0v) is 12.9. The first-order valence-corrected chi connectivity index (χ1v) is 7.55. The molecule has 1 aliphatic rings. The van der Waals surface area contributed by atoms with Crippen molar-refractivity contribution in [1.29, 1.82) is 5.26 Å². The van der Waals surface area contributed by atoms with Crippen molar-refractivity contribution in [3.05, 3.63) is 35.1 Å². The number of carboxylic acid groups (broad SMARTS) is 1. The molecule has 0 bridgehead atoms. The van der Waals surface area contributed by atoms with E-state index in [9.17, 15) is 19.6 Å². The normalized spacial score (nSPS) is 19.9. The largest absolute Gasteiger partial charge is 0.481 e. The minimum Gasteiger partial charge on any atom is -0.481 e. The molecule has 0 radical (unpaired) electrons. The Morgan fingerprint density at radius 3 is 2.64 bits per heavy atom. The third-order valence-electron chi connectivity index (χ3n) is 4.94. The van der Waals surface area contributed by atoms with Crippen molar-refractivity contribution in [2.75, 3.05) is 13.1 Å². The molecule has 2 rings (SSSR count). The van der Waals surface area contributed by atoms with Crippen molar-refractivity contribution in [2.45, 2.75) is 43.9 Å². The van der Waals surface area contributed by atoms with E-state index in [-0.39, 0.29) is 0 Å². The van der Waals surface area contributed by atoms with Crippen molar-refractivity contribution in [1.82, 2.24) is 5.32 Å². The summed E-state index contributed by atoms with van der Waals surface area (Å²) in [5.74, 6) is -1.39. The average molecular weight is 304 g/mol. The molecule has 1 saturated heterocycles. The molecule has 1 aromatic rings. The zero-order valence-electron chi connectivity index (χ0n) is 12.9. The van der Waals surface area contributed by atoms with Crippen LogP contribution in [0.15, 0.2) is 18.2 Å². The van der Waals surface area contributed by atoms with Gasteiger partial charge in [-0.15, -0.1) is 0 Å². The summed E-state index contributed by atoms with van der Waals surface area (Å²) in [5, 5.41) is 22.6. The van der Waals surface area contributed by atoms with Crippen molar-refractivity contribution >= 4 is 5.97 Å². The highest BCUT2D eigenvalue weighted by molar-refractivity contribution is 5.81. The number of piperidine rings is 1. The van der Waals surface area contributed by atoms with Crippen LogP contribution in [0.25, 0.3) is 0 Å². The summed E-state index contributed by atoms with van der Waals surface area (Å²) in [6.07, 6.45) is 1.49. The summed E-state index contributed by atoms with van der Waals surface area (Å²) in [5.41, 5.74) is -0.873. The lowest BCUT2D eigenvalue weighted by Crippen LogP contribution is -2.42. The third-order valence-corrected chi connectivity index (χ3v) is 4.94. The van der Waals surface area contributed by atoms with E-state index < -0.39 is 22.6 Å². The lowest BCUT2D eigenvalue weighted by Gasteiger charge is -2.36. The summed E-state index contributed by atoms with van der Waals surface area (Å²) in [7, 11) is 0. The summed E-state index contributed by atoms with van der Waals surface area (Å²) >= 11 is 0. The fraction of sp³-hybridized carbons (Fsp3) is 0.529. The van der Waals surface area contributed by atoms with Crippen LogP contribution in [-0.2, 0) is 15.6 Å². The van der Waals surface area contributed by atoms with E-state index in [4.69, 9.17) is 0 Å². The SMILES string of the molecule is CCC(C)(C(=O)O)c1ccc(F)cc1C1(C#N)CCNCC1. The van der Waals surface area contributed by atoms with Gasteiger partial charge in [0.25, 0.3) is 0 Å². The smallest absolute Gasteiger partial charge is 0.313 e. The second-order valence-corrected chi connectivity index (χ2v) is 6.12. The van der Waals surface area contributed by atoms with E-state index in [2.05, 4.69) is 11.4 Å². The maximum atomic E-state index is 13.8. The molecule has 22 heavy (non-hydrogen) atoms. The molecule has 4 nitrogen and oxygen atoms in total. The Balaban J connectivity index is 2.67. The van der Waals surface area contributed by atoms with Crippen molar-refractivity contribution in [3.8, 4) is 6.07 Å². The number of carboxylic acids is 1. The van der Waals surface area contributed by atoms with Crippen LogP contribution in [0.1, 0.15) is 44.2 Å². The Labute approximate surface area is 130 Å². The number of carbonyl (C=O) groups is 1. The molecule has 1 aromatic carbocycles. The number of rotatable bonds is 4. The third kappa shape index (κ3) is 2.59. The Kier molecular flexibility index (Phi) is 4.52. The van der Waals surface area contributed by atoms with Gasteiger partial charge in [-0.25, -0.2) is 4.39 Å². The molecular weight excluding hydrogens is 283 g/mol. The molecule has 1 atom stereocenters. The predicted molar refractivity (Wildman–Crippen MR) is 81.1 cm³/mol. The molecule has 1 fully saturated rings. The van der Waals surface area contributed by atoms with Crippen molar-refractivity contribution < 1.29 is 14.3 Å². The molecule has 1 unspecified atom stereocenters. The van der Waals surface area contributed by atoms with E-state index in [0.717, 1.165) is 0 Å². The van der Waals surface area contributed by atoms with Gasteiger partial charge in [0, 0.05) is 0 Å². The first-order valence-electron chi connectivity index (χ1n) is 7.55. The molecule has 0 amide bonds.